The molecular formula is C18H17N3O4S. The standard InChI is InChI=1S/C18H17N3O4S/c1-11-2-7-14-15(9-19)18(26-16(14)8-11)20-17(22)10-25-13-5-3-12(4-6-13)21(23)24/h3-6,11H,2,7-8,10H2,1H3,(H,20,22)/t11-/m0/s1. The average Bonchev–Trinajstić information content (AvgIpc) is 2.96. The van der Waals surface area contributed by atoms with Crippen LogP contribution in [0.25, 0.3) is 0 Å². The lowest BCUT2D eigenvalue weighted by molar-refractivity contribution is -0.384. The minimum absolute atomic E-state index is 0.0427. The lowest BCUT2D eigenvalue weighted by Crippen LogP contribution is -2.20. The van der Waals surface area contributed by atoms with Crippen molar-refractivity contribution in [2.75, 3.05) is 11.9 Å². The molecule has 2 aromatic rings. The van der Waals surface area contributed by atoms with Crippen LogP contribution >= 0.6 is 11.3 Å². The molecule has 0 spiro atoms. The van der Waals surface area contributed by atoms with E-state index in [0.717, 1.165) is 24.8 Å². The van der Waals surface area contributed by atoms with Crippen LogP contribution < -0.4 is 10.1 Å². The maximum atomic E-state index is 12.2. The number of nitriles is 1. The summed E-state index contributed by atoms with van der Waals surface area (Å²) in [6, 6.07) is 7.72. The van der Waals surface area contributed by atoms with E-state index in [1.54, 1.807) is 0 Å². The first-order valence-electron chi connectivity index (χ1n) is 8.19. The molecule has 0 saturated carbocycles. The SMILES string of the molecule is C[C@H]1CCc2c(sc(NC(=O)COc3ccc([N+](=O)[O-])cc3)c2C#N)C1. The summed E-state index contributed by atoms with van der Waals surface area (Å²) in [4.78, 5) is 23.5. The summed E-state index contributed by atoms with van der Waals surface area (Å²) in [6.45, 7) is 1.95. The highest BCUT2D eigenvalue weighted by atomic mass is 32.1. The van der Waals surface area contributed by atoms with Crippen LogP contribution in [-0.4, -0.2) is 17.4 Å². The molecule has 0 radical (unpaired) electrons. The van der Waals surface area contributed by atoms with E-state index in [1.807, 2.05) is 0 Å². The number of ether oxygens (including phenoxy) is 1. The van der Waals surface area contributed by atoms with Gasteiger partial charge in [-0.25, -0.2) is 0 Å². The molecule has 0 fully saturated rings. The lowest BCUT2D eigenvalue weighted by Gasteiger charge is -2.17. The Balaban J connectivity index is 1.63. The van der Waals surface area contributed by atoms with Crippen molar-refractivity contribution >= 4 is 27.9 Å². The predicted octanol–water partition coefficient (Wildman–Crippen LogP) is 3.67. The van der Waals surface area contributed by atoms with Gasteiger partial charge in [0.1, 0.15) is 16.8 Å². The minimum atomic E-state index is -0.501. The number of thiophene rings is 1. The fourth-order valence-electron chi connectivity index (χ4n) is 2.93. The lowest BCUT2D eigenvalue weighted by atomic mass is 9.89. The maximum absolute atomic E-state index is 12.2. The van der Waals surface area contributed by atoms with Gasteiger partial charge in [0.05, 0.1) is 10.5 Å². The van der Waals surface area contributed by atoms with E-state index in [-0.39, 0.29) is 18.2 Å². The molecule has 1 atom stereocenters. The molecule has 3 rings (SSSR count). The molecule has 0 saturated heterocycles. The molecule has 7 nitrogen and oxygen atoms in total. The first-order valence-corrected chi connectivity index (χ1v) is 9.01. The quantitative estimate of drug-likeness (QED) is 0.638. The minimum Gasteiger partial charge on any atom is -0.484 e. The van der Waals surface area contributed by atoms with Crippen LogP contribution in [0.5, 0.6) is 5.75 Å². The average molecular weight is 371 g/mol. The Kier molecular flexibility index (Phi) is 5.19. The van der Waals surface area contributed by atoms with E-state index in [9.17, 15) is 20.2 Å². The zero-order valence-electron chi connectivity index (χ0n) is 14.2. The summed E-state index contributed by atoms with van der Waals surface area (Å²) in [6.07, 6.45) is 2.85. The van der Waals surface area contributed by atoms with E-state index >= 15 is 0 Å². The Morgan fingerprint density at radius 3 is 2.85 bits per heavy atom. The van der Waals surface area contributed by atoms with Crippen LogP contribution in [0.3, 0.4) is 0 Å². The van der Waals surface area contributed by atoms with Crippen molar-refractivity contribution in [1.29, 1.82) is 5.26 Å². The summed E-state index contributed by atoms with van der Waals surface area (Å²) in [5.74, 6) is 0.582. The van der Waals surface area contributed by atoms with Crippen LogP contribution in [0.1, 0.15) is 29.3 Å². The highest BCUT2D eigenvalue weighted by Gasteiger charge is 2.24. The van der Waals surface area contributed by atoms with E-state index < -0.39 is 4.92 Å². The summed E-state index contributed by atoms with van der Waals surface area (Å²) >= 11 is 1.46. The Bertz CT molecular complexity index is 883. The van der Waals surface area contributed by atoms with E-state index in [0.29, 0.717) is 22.2 Å². The molecule has 134 valence electrons. The molecule has 0 aliphatic heterocycles. The Morgan fingerprint density at radius 1 is 1.46 bits per heavy atom. The molecule has 1 aromatic carbocycles. The van der Waals surface area contributed by atoms with Crippen molar-refractivity contribution in [2.45, 2.75) is 26.2 Å². The summed E-state index contributed by atoms with van der Waals surface area (Å²) < 4.78 is 5.35. The molecule has 1 amide bonds. The van der Waals surface area contributed by atoms with Gasteiger partial charge in [-0.15, -0.1) is 11.3 Å². The molecular weight excluding hydrogens is 354 g/mol. The summed E-state index contributed by atoms with van der Waals surface area (Å²) in [5.41, 5.74) is 1.57. The van der Waals surface area contributed by atoms with Crippen molar-refractivity contribution in [3.05, 3.63) is 50.4 Å². The third-order valence-corrected chi connectivity index (χ3v) is 5.46. The Morgan fingerprint density at radius 2 is 2.19 bits per heavy atom. The number of nitro groups is 1. The highest BCUT2D eigenvalue weighted by molar-refractivity contribution is 7.16. The number of benzene rings is 1. The number of amides is 1. The molecule has 8 heteroatoms. The molecule has 1 aromatic heterocycles. The second-order valence-electron chi connectivity index (χ2n) is 6.26. The van der Waals surface area contributed by atoms with Gasteiger partial charge in [0.15, 0.2) is 6.61 Å². The maximum Gasteiger partial charge on any atom is 0.269 e. The number of fused-ring (bicyclic) bond motifs is 1. The monoisotopic (exact) mass is 371 g/mol. The van der Waals surface area contributed by atoms with Gasteiger partial charge in [-0.05, 0) is 42.9 Å². The van der Waals surface area contributed by atoms with Gasteiger partial charge >= 0.3 is 0 Å². The van der Waals surface area contributed by atoms with Crippen molar-refractivity contribution in [3.63, 3.8) is 0 Å². The van der Waals surface area contributed by atoms with Gasteiger partial charge < -0.3 is 10.1 Å². The molecule has 1 N–H and O–H groups in total. The molecule has 1 aliphatic rings. The van der Waals surface area contributed by atoms with Gasteiger partial charge in [0, 0.05) is 17.0 Å². The van der Waals surface area contributed by atoms with Crippen LogP contribution in [0.2, 0.25) is 0 Å². The second-order valence-corrected chi connectivity index (χ2v) is 7.36. The van der Waals surface area contributed by atoms with Crippen molar-refractivity contribution < 1.29 is 14.5 Å². The topological polar surface area (TPSA) is 105 Å². The number of nitrogens with one attached hydrogen (secondary N) is 1. The molecule has 26 heavy (non-hydrogen) atoms. The first kappa shape index (κ1) is 17.9. The second kappa shape index (κ2) is 7.54. The van der Waals surface area contributed by atoms with E-state index in [1.165, 1.54) is 40.5 Å². The smallest absolute Gasteiger partial charge is 0.269 e. The third-order valence-electron chi connectivity index (χ3n) is 4.29. The first-order chi connectivity index (χ1) is 12.5. The third kappa shape index (κ3) is 3.83. The number of hydrogen-bond donors (Lipinski definition) is 1. The van der Waals surface area contributed by atoms with Crippen molar-refractivity contribution in [1.82, 2.24) is 0 Å². The zero-order chi connectivity index (χ0) is 18.7. The number of nitro benzene ring substituents is 1. The zero-order valence-corrected chi connectivity index (χ0v) is 15.0. The van der Waals surface area contributed by atoms with Gasteiger partial charge in [-0.1, -0.05) is 6.92 Å². The number of hydrogen-bond acceptors (Lipinski definition) is 6. The van der Waals surface area contributed by atoms with Gasteiger partial charge in [-0.3, -0.25) is 14.9 Å². The van der Waals surface area contributed by atoms with Crippen molar-refractivity contribution in [3.8, 4) is 11.8 Å². The number of carbonyl (C=O) groups excluding carboxylic acids is 1. The molecule has 0 unspecified atom stereocenters. The molecule has 0 bridgehead atoms. The number of nitrogens with zero attached hydrogens (tertiary/aromatic N) is 2. The van der Waals surface area contributed by atoms with E-state index in [4.69, 9.17) is 4.74 Å². The summed E-state index contributed by atoms with van der Waals surface area (Å²) in [5, 5.41) is 23.4. The predicted molar refractivity (Wildman–Crippen MR) is 97.4 cm³/mol. The number of rotatable bonds is 5. The van der Waals surface area contributed by atoms with Gasteiger partial charge in [0.25, 0.3) is 11.6 Å². The summed E-state index contributed by atoms with van der Waals surface area (Å²) in [7, 11) is 0. The largest absolute Gasteiger partial charge is 0.484 e. The van der Waals surface area contributed by atoms with Crippen LogP contribution in [0, 0.1) is 27.4 Å². The Hall–Kier alpha value is -2.92. The van der Waals surface area contributed by atoms with E-state index in [2.05, 4.69) is 18.3 Å². The fourth-order valence-corrected chi connectivity index (χ4v) is 4.31. The number of anilines is 1. The van der Waals surface area contributed by atoms with Crippen LogP contribution in [-0.2, 0) is 17.6 Å². The molecule has 1 heterocycles. The normalized spacial score (nSPS) is 15.6. The molecule has 1 aliphatic carbocycles. The van der Waals surface area contributed by atoms with Gasteiger partial charge in [-0.2, -0.15) is 5.26 Å². The van der Waals surface area contributed by atoms with Crippen LogP contribution in [0.15, 0.2) is 24.3 Å². The highest BCUT2D eigenvalue weighted by Crippen LogP contribution is 2.39. The van der Waals surface area contributed by atoms with Crippen molar-refractivity contribution in [2.24, 2.45) is 5.92 Å². The number of carbonyl (C=O) groups is 1. The van der Waals surface area contributed by atoms with Gasteiger partial charge in [0.2, 0.25) is 0 Å². The number of non-ortho nitro benzene ring substituents is 1. The van der Waals surface area contributed by atoms with Crippen LogP contribution in [0.4, 0.5) is 10.7 Å². The Labute approximate surface area is 154 Å². The fraction of sp³-hybridized carbons (Fsp3) is 0.333.